The highest BCUT2D eigenvalue weighted by Gasteiger charge is 2.47. The van der Waals surface area contributed by atoms with Gasteiger partial charge in [0.15, 0.2) is 5.78 Å². The van der Waals surface area contributed by atoms with Crippen molar-refractivity contribution >= 4 is 5.78 Å². The van der Waals surface area contributed by atoms with Crippen molar-refractivity contribution in [1.29, 1.82) is 0 Å². The van der Waals surface area contributed by atoms with Gasteiger partial charge in [0.1, 0.15) is 11.9 Å². The summed E-state index contributed by atoms with van der Waals surface area (Å²) in [5.74, 6) is -0.780. The Bertz CT molecular complexity index is 449. The molecule has 2 rings (SSSR count). The molecule has 0 amide bonds. The molecule has 1 aromatic rings. The molecular formula is C12H13FO2. The van der Waals surface area contributed by atoms with Gasteiger partial charge in [-0.25, -0.2) is 4.39 Å². The molecule has 15 heavy (non-hydrogen) atoms. The molecule has 1 aliphatic carbocycles. The minimum atomic E-state index is -1.14. The third kappa shape index (κ3) is 1.16. The fraction of sp³-hybridized carbons (Fsp3) is 0.417. The first-order valence-corrected chi connectivity index (χ1v) is 4.89. The number of benzene rings is 1. The molecule has 0 heterocycles. The zero-order valence-electron chi connectivity index (χ0n) is 8.97. The number of aryl methyl sites for hydroxylation is 1. The van der Waals surface area contributed by atoms with E-state index in [0.29, 0.717) is 11.1 Å². The predicted molar refractivity (Wildman–Crippen MR) is 54.5 cm³/mol. The molecule has 1 N–H and O–H groups in total. The minimum absolute atomic E-state index is 0.347. The van der Waals surface area contributed by atoms with Crippen molar-refractivity contribution in [2.75, 3.05) is 0 Å². The number of hydrogen-bond acceptors (Lipinski definition) is 2. The summed E-state index contributed by atoms with van der Waals surface area (Å²) in [6.07, 6.45) is -1.14. The van der Waals surface area contributed by atoms with Crippen molar-refractivity contribution in [1.82, 2.24) is 0 Å². The summed E-state index contributed by atoms with van der Waals surface area (Å²) in [6.45, 7) is 5.12. The number of halogens is 1. The Morgan fingerprint density at radius 2 is 2.00 bits per heavy atom. The van der Waals surface area contributed by atoms with E-state index >= 15 is 0 Å². The molecule has 1 atom stereocenters. The molecule has 0 aliphatic heterocycles. The number of rotatable bonds is 0. The molecular weight excluding hydrogens is 195 g/mol. The van der Waals surface area contributed by atoms with Crippen LogP contribution in [-0.4, -0.2) is 17.0 Å². The maximum atomic E-state index is 13.6. The summed E-state index contributed by atoms with van der Waals surface area (Å²) in [6, 6.07) is 2.92. The van der Waals surface area contributed by atoms with E-state index in [1.165, 1.54) is 6.07 Å². The monoisotopic (exact) mass is 208 g/mol. The first kappa shape index (κ1) is 10.3. The van der Waals surface area contributed by atoms with Gasteiger partial charge in [0.2, 0.25) is 0 Å². The van der Waals surface area contributed by atoms with Gasteiger partial charge in [-0.3, -0.25) is 4.79 Å². The van der Waals surface area contributed by atoms with Gasteiger partial charge in [0.05, 0.1) is 0 Å². The van der Waals surface area contributed by atoms with Crippen molar-refractivity contribution in [3.05, 3.63) is 34.6 Å². The van der Waals surface area contributed by atoms with Gasteiger partial charge in [-0.15, -0.1) is 0 Å². The van der Waals surface area contributed by atoms with E-state index in [2.05, 4.69) is 0 Å². The van der Waals surface area contributed by atoms with E-state index in [1.807, 2.05) is 0 Å². The number of ketones is 1. The molecule has 0 aromatic heterocycles. The van der Waals surface area contributed by atoms with Crippen molar-refractivity contribution in [2.45, 2.75) is 32.3 Å². The summed E-state index contributed by atoms with van der Waals surface area (Å²) in [5, 5.41) is 9.78. The summed E-state index contributed by atoms with van der Waals surface area (Å²) in [5.41, 5.74) is 0.594. The molecule has 1 aliphatic rings. The molecule has 0 fully saturated rings. The fourth-order valence-corrected chi connectivity index (χ4v) is 2.23. The van der Waals surface area contributed by atoms with E-state index in [1.54, 1.807) is 26.8 Å². The van der Waals surface area contributed by atoms with E-state index in [4.69, 9.17) is 0 Å². The lowest BCUT2D eigenvalue weighted by Crippen LogP contribution is -2.32. The summed E-state index contributed by atoms with van der Waals surface area (Å²) in [4.78, 5) is 11.8. The van der Waals surface area contributed by atoms with Gasteiger partial charge in [-0.2, -0.15) is 0 Å². The summed E-state index contributed by atoms with van der Waals surface area (Å²) >= 11 is 0. The Kier molecular flexibility index (Phi) is 1.98. The zero-order valence-corrected chi connectivity index (χ0v) is 8.97. The minimum Gasteiger partial charge on any atom is -0.384 e. The summed E-state index contributed by atoms with van der Waals surface area (Å²) < 4.78 is 13.6. The summed E-state index contributed by atoms with van der Waals surface area (Å²) in [7, 11) is 0. The van der Waals surface area contributed by atoms with Crippen LogP contribution < -0.4 is 0 Å². The van der Waals surface area contributed by atoms with Crippen LogP contribution in [0.5, 0.6) is 0 Å². The van der Waals surface area contributed by atoms with Crippen molar-refractivity contribution in [3.8, 4) is 0 Å². The SMILES string of the molecule is Cc1ccc(F)c2c1C(=O)C(O)C2(C)C. The maximum Gasteiger partial charge on any atom is 0.192 e. The first-order chi connectivity index (χ1) is 6.87. The van der Waals surface area contributed by atoms with E-state index in [9.17, 15) is 14.3 Å². The van der Waals surface area contributed by atoms with E-state index < -0.39 is 17.3 Å². The average Bonchev–Trinajstić information content (AvgIpc) is 2.34. The van der Waals surface area contributed by atoms with Gasteiger partial charge < -0.3 is 5.11 Å². The normalized spacial score (nSPS) is 23.0. The number of aliphatic hydroxyl groups excluding tert-OH is 1. The smallest absolute Gasteiger partial charge is 0.192 e. The lowest BCUT2D eigenvalue weighted by atomic mass is 9.84. The van der Waals surface area contributed by atoms with Gasteiger partial charge in [0.25, 0.3) is 0 Å². The number of carbonyl (C=O) groups excluding carboxylic acids is 1. The van der Waals surface area contributed by atoms with E-state index in [-0.39, 0.29) is 5.78 Å². The molecule has 1 aromatic carbocycles. The fourth-order valence-electron chi connectivity index (χ4n) is 2.23. The van der Waals surface area contributed by atoms with Gasteiger partial charge in [-0.05, 0) is 18.6 Å². The molecule has 0 spiro atoms. The third-order valence-electron chi connectivity index (χ3n) is 3.19. The molecule has 0 saturated heterocycles. The second kappa shape index (κ2) is 2.89. The van der Waals surface area contributed by atoms with Crippen LogP contribution in [0.1, 0.15) is 35.3 Å². The third-order valence-corrected chi connectivity index (χ3v) is 3.19. The molecule has 80 valence electrons. The predicted octanol–water partition coefficient (Wildman–Crippen LogP) is 1.97. The van der Waals surface area contributed by atoms with Crippen LogP contribution in [0.4, 0.5) is 4.39 Å². The topological polar surface area (TPSA) is 37.3 Å². The lowest BCUT2D eigenvalue weighted by Gasteiger charge is -2.22. The van der Waals surface area contributed by atoms with Crippen molar-refractivity contribution in [3.63, 3.8) is 0 Å². The number of aliphatic hydroxyl groups is 1. The van der Waals surface area contributed by atoms with Gasteiger partial charge >= 0.3 is 0 Å². The van der Waals surface area contributed by atoms with Crippen LogP contribution in [0.3, 0.4) is 0 Å². The zero-order chi connectivity index (χ0) is 11.4. The van der Waals surface area contributed by atoms with Crippen LogP contribution in [-0.2, 0) is 5.41 Å². The average molecular weight is 208 g/mol. The molecule has 1 unspecified atom stereocenters. The van der Waals surface area contributed by atoms with Crippen LogP contribution in [0.25, 0.3) is 0 Å². The Hall–Kier alpha value is -1.22. The highest BCUT2D eigenvalue weighted by molar-refractivity contribution is 6.06. The number of carbonyl (C=O) groups is 1. The second-order valence-corrected chi connectivity index (χ2v) is 4.60. The van der Waals surface area contributed by atoms with E-state index in [0.717, 1.165) is 5.56 Å². The Labute approximate surface area is 87.7 Å². The maximum absolute atomic E-state index is 13.6. The van der Waals surface area contributed by atoms with Crippen molar-refractivity contribution in [2.24, 2.45) is 0 Å². The highest BCUT2D eigenvalue weighted by Crippen LogP contribution is 2.41. The second-order valence-electron chi connectivity index (χ2n) is 4.60. The Morgan fingerprint density at radius 3 is 2.53 bits per heavy atom. The van der Waals surface area contributed by atoms with Crippen LogP contribution in [0, 0.1) is 12.7 Å². The molecule has 0 saturated carbocycles. The van der Waals surface area contributed by atoms with Crippen molar-refractivity contribution < 1.29 is 14.3 Å². The van der Waals surface area contributed by atoms with Crippen LogP contribution >= 0.6 is 0 Å². The number of fused-ring (bicyclic) bond motifs is 1. The first-order valence-electron chi connectivity index (χ1n) is 4.89. The molecule has 0 bridgehead atoms. The van der Waals surface area contributed by atoms with Crippen LogP contribution in [0.2, 0.25) is 0 Å². The number of Topliss-reactive ketones (excluding diaryl/α,β-unsaturated/α-hetero) is 1. The quantitative estimate of drug-likeness (QED) is 0.707. The Morgan fingerprint density at radius 1 is 1.40 bits per heavy atom. The van der Waals surface area contributed by atoms with Gasteiger partial charge in [0, 0.05) is 16.5 Å². The largest absolute Gasteiger partial charge is 0.384 e. The lowest BCUT2D eigenvalue weighted by molar-refractivity contribution is 0.0640. The molecule has 2 nitrogen and oxygen atoms in total. The number of hydrogen-bond donors (Lipinski definition) is 1. The Balaban J connectivity index is 2.82. The van der Waals surface area contributed by atoms with Gasteiger partial charge in [-0.1, -0.05) is 19.9 Å². The highest BCUT2D eigenvalue weighted by atomic mass is 19.1. The molecule has 0 radical (unpaired) electrons. The van der Waals surface area contributed by atoms with Crippen LogP contribution in [0.15, 0.2) is 12.1 Å². The molecule has 3 heteroatoms. The standard InChI is InChI=1S/C12H13FO2/c1-6-4-5-7(13)9-8(6)10(14)11(15)12(9,2)3/h4-5,11,15H,1-3H3.